The fourth-order valence-corrected chi connectivity index (χ4v) is 4.09. The van der Waals surface area contributed by atoms with Crippen LogP contribution < -0.4 is 5.43 Å². The summed E-state index contributed by atoms with van der Waals surface area (Å²) in [5.41, 5.74) is 5.62. The number of likely N-dealkylation sites (N-methyl/N-ethyl adjacent to an activating group) is 1. The Kier molecular flexibility index (Phi) is 5.26. The number of nitrogens with zero attached hydrogens (tertiary/aromatic N) is 3. The molecule has 7 nitrogen and oxygen atoms in total. The Bertz CT molecular complexity index is 1080. The number of ether oxygens (including phenoxy) is 1. The highest BCUT2D eigenvalue weighted by atomic mass is 32.2. The quantitative estimate of drug-likeness (QED) is 0.815. The van der Waals surface area contributed by atoms with Crippen LogP contribution in [0.1, 0.15) is 18.1 Å². The van der Waals surface area contributed by atoms with Crippen LogP contribution in [0.3, 0.4) is 0 Å². The van der Waals surface area contributed by atoms with Crippen molar-refractivity contribution in [1.82, 2.24) is 10.3 Å². The molecule has 0 saturated carbocycles. The van der Waals surface area contributed by atoms with E-state index in [2.05, 4.69) is 10.5 Å². The number of hydrogen-bond acceptors (Lipinski definition) is 6. The van der Waals surface area contributed by atoms with E-state index in [0.717, 1.165) is 21.7 Å². The molecule has 148 valence electrons. The number of aliphatic imine (C=N–C) groups is 1. The molecule has 2 aromatic rings. The normalized spacial score (nSPS) is 19.9. The zero-order valence-corrected chi connectivity index (χ0v) is 17.0. The third kappa shape index (κ3) is 3.71. The summed E-state index contributed by atoms with van der Waals surface area (Å²) >= 11 is 0. The fraction of sp³-hybridized carbons (Fsp3) is 0.190. The molecule has 2 aliphatic rings. The van der Waals surface area contributed by atoms with Crippen LogP contribution in [0.4, 0.5) is 0 Å². The first kappa shape index (κ1) is 19.1. The van der Waals surface area contributed by atoms with E-state index in [9.17, 15) is 4.21 Å². The van der Waals surface area contributed by atoms with Crippen LogP contribution in [0.5, 0.6) is 0 Å². The standard InChI is InChI=1S/C21H21N5O2S/c1-3-29(27)17-12-8-7-11-15(17)16-13-26(2)19(22)18(23-16)21-25-24-20(28-21)14-9-5-4-6-10-14/h4-12,22,25H,3,13H2,1-2H3. The molecule has 2 aliphatic heterocycles. The molecule has 8 heteroatoms. The molecule has 2 heterocycles. The lowest BCUT2D eigenvalue weighted by Gasteiger charge is -2.27. The molecule has 4 rings (SSSR count). The minimum absolute atomic E-state index is 0.231. The predicted octanol–water partition coefficient (Wildman–Crippen LogP) is 2.68. The Balaban J connectivity index is 1.73. The van der Waals surface area contributed by atoms with Crippen LogP contribution >= 0.6 is 0 Å². The van der Waals surface area contributed by atoms with Crippen molar-refractivity contribution in [1.29, 1.82) is 5.41 Å². The summed E-state index contributed by atoms with van der Waals surface area (Å²) in [6, 6.07) is 17.1. The van der Waals surface area contributed by atoms with Crippen molar-refractivity contribution in [3.8, 4) is 0 Å². The van der Waals surface area contributed by atoms with Gasteiger partial charge < -0.3 is 9.64 Å². The highest BCUT2D eigenvalue weighted by Crippen LogP contribution is 2.24. The molecule has 1 unspecified atom stereocenters. The molecule has 29 heavy (non-hydrogen) atoms. The van der Waals surface area contributed by atoms with Crippen molar-refractivity contribution in [2.75, 3.05) is 19.3 Å². The SMILES string of the molecule is CCS(=O)c1ccccc1C1=NC(=C2NN=C(c3ccccc3)O2)C(=N)N(C)C1. The number of rotatable bonds is 4. The van der Waals surface area contributed by atoms with Crippen molar-refractivity contribution < 1.29 is 8.95 Å². The van der Waals surface area contributed by atoms with Gasteiger partial charge in [0.25, 0.3) is 0 Å². The first-order chi connectivity index (χ1) is 14.1. The summed E-state index contributed by atoms with van der Waals surface area (Å²) in [7, 11) is 0.718. The van der Waals surface area contributed by atoms with Crippen LogP contribution in [-0.2, 0) is 15.5 Å². The molecule has 0 amide bonds. The molecule has 0 aromatic heterocycles. The minimum Gasteiger partial charge on any atom is -0.417 e. The Morgan fingerprint density at radius 3 is 2.66 bits per heavy atom. The largest absolute Gasteiger partial charge is 0.417 e. The van der Waals surface area contributed by atoms with E-state index in [-0.39, 0.29) is 5.84 Å². The monoisotopic (exact) mass is 407 g/mol. The van der Waals surface area contributed by atoms with E-state index in [1.165, 1.54) is 0 Å². The summed E-state index contributed by atoms with van der Waals surface area (Å²) in [6.07, 6.45) is 0. The van der Waals surface area contributed by atoms with Gasteiger partial charge in [-0.1, -0.05) is 43.3 Å². The molecule has 1 atom stereocenters. The Labute approximate surface area is 171 Å². The van der Waals surface area contributed by atoms with E-state index < -0.39 is 10.8 Å². The summed E-state index contributed by atoms with van der Waals surface area (Å²) in [5.74, 6) is 1.50. The average Bonchev–Trinajstić information content (AvgIpc) is 3.25. The smallest absolute Gasteiger partial charge is 0.245 e. The molecular formula is C21H21N5O2S. The molecule has 0 saturated heterocycles. The van der Waals surface area contributed by atoms with Gasteiger partial charge in [-0.25, -0.2) is 10.4 Å². The Hall–Kier alpha value is -3.26. The molecule has 0 spiro atoms. The molecule has 0 fully saturated rings. The lowest BCUT2D eigenvalue weighted by atomic mass is 10.1. The van der Waals surface area contributed by atoms with Crippen LogP contribution in [0.15, 0.2) is 81.2 Å². The van der Waals surface area contributed by atoms with Gasteiger partial charge in [0.2, 0.25) is 11.8 Å². The molecule has 0 bridgehead atoms. The van der Waals surface area contributed by atoms with Gasteiger partial charge in [-0.15, -0.1) is 5.10 Å². The number of nitrogens with one attached hydrogen (secondary N) is 2. The van der Waals surface area contributed by atoms with Gasteiger partial charge in [0.1, 0.15) is 0 Å². The highest BCUT2D eigenvalue weighted by Gasteiger charge is 2.29. The van der Waals surface area contributed by atoms with Crippen molar-refractivity contribution in [2.24, 2.45) is 10.1 Å². The summed E-state index contributed by atoms with van der Waals surface area (Å²) in [5, 5.41) is 12.7. The third-order valence-corrected chi connectivity index (χ3v) is 6.01. The number of hydrazone groups is 1. The maximum Gasteiger partial charge on any atom is 0.245 e. The first-order valence-electron chi connectivity index (χ1n) is 9.25. The van der Waals surface area contributed by atoms with E-state index in [0.29, 0.717) is 29.8 Å². The van der Waals surface area contributed by atoms with Crippen LogP contribution in [0, 0.1) is 5.41 Å². The molecular weight excluding hydrogens is 386 g/mol. The third-order valence-electron chi connectivity index (χ3n) is 4.64. The van der Waals surface area contributed by atoms with Gasteiger partial charge in [-0.2, -0.15) is 0 Å². The van der Waals surface area contributed by atoms with Crippen LogP contribution in [-0.4, -0.2) is 45.9 Å². The van der Waals surface area contributed by atoms with Crippen molar-refractivity contribution in [3.63, 3.8) is 0 Å². The summed E-state index contributed by atoms with van der Waals surface area (Å²) < 4.78 is 18.4. The first-order valence-corrected chi connectivity index (χ1v) is 10.6. The minimum atomic E-state index is -1.11. The van der Waals surface area contributed by atoms with Crippen LogP contribution in [0.2, 0.25) is 0 Å². The maximum absolute atomic E-state index is 12.5. The molecule has 2 aromatic carbocycles. The van der Waals surface area contributed by atoms with E-state index in [1.807, 2.05) is 68.6 Å². The second-order valence-electron chi connectivity index (χ2n) is 6.57. The van der Waals surface area contributed by atoms with Crippen molar-refractivity contribution in [2.45, 2.75) is 11.8 Å². The van der Waals surface area contributed by atoms with Gasteiger partial charge >= 0.3 is 0 Å². The van der Waals surface area contributed by atoms with Crippen molar-refractivity contribution in [3.05, 3.63) is 77.3 Å². The summed E-state index contributed by atoms with van der Waals surface area (Å²) in [6.45, 7) is 2.34. The van der Waals surface area contributed by atoms with Gasteiger partial charge in [0.05, 0.1) is 23.1 Å². The van der Waals surface area contributed by atoms with Gasteiger partial charge in [0.15, 0.2) is 11.5 Å². The average molecular weight is 407 g/mol. The lowest BCUT2D eigenvalue weighted by Crippen LogP contribution is -2.38. The van der Waals surface area contributed by atoms with Gasteiger partial charge in [-0.3, -0.25) is 9.62 Å². The van der Waals surface area contributed by atoms with E-state index in [4.69, 9.17) is 15.1 Å². The molecule has 0 aliphatic carbocycles. The predicted molar refractivity (Wildman–Crippen MR) is 115 cm³/mol. The zero-order chi connectivity index (χ0) is 20.4. The number of benzene rings is 2. The Morgan fingerprint density at radius 1 is 1.17 bits per heavy atom. The number of amidine groups is 1. The Morgan fingerprint density at radius 2 is 1.90 bits per heavy atom. The lowest BCUT2D eigenvalue weighted by molar-refractivity contribution is 0.408. The van der Waals surface area contributed by atoms with Crippen molar-refractivity contribution >= 4 is 28.2 Å². The van der Waals surface area contributed by atoms with E-state index >= 15 is 0 Å². The summed E-state index contributed by atoms with van der Waals surface area (Å²) in [4.78, 5) is 7.24. The van der Waals surface area contributed by atoms with Gasteiger partial charge in [-0.05, 0) is 18.2 Å². The van der Waals surface area contributed by atoms with Crippen LogP contribution in [0.25, 0.3) is 0 Å². The maximum atomic E-state index is 12.5. The zero-order valence-electron chi connectivity index (χ0n) is 16.2. The molecule has 0 radical (unpaired) electrons. The van der Waals surface area contributed by atoms with E-state index in [1.54, 1.807) is 4.90 Å². The number of hydrogen-bond donors (Lipinski definition) is 2. The van der Waals surface area contributed by atoms with Gasteiger partial charge in [0, 0.05) is 28.8 Å². The fourth-order valence-electron chi connectivity index (χ4n) is 3.12. The topological polar surface area (TPSA) is 90.1 Å². The second-order valence-corrected chi connectivity index (χ2v) is 8.28. The molecule has 2 N–H and O–H groups in total. The second kappa shape index (κ2) is 8.00. The highest BCUT2D eigenvalue weighted by molar-refractivity contribution is 7.85.